The second kappa shape index (κ2) is 7.23. The number of ketones is 1. The summed E-state index contributed by atoms with van der Waals surface area (Å²) in [6.07, 6.45) is -0.768. The van der Waals surface area contributed by atoms with Crippen LogP contribution in [0.4, 0.5) is 5.69 Å². The van der Waals surface area contributed by atoms with E-state index in [0.717, 1.165) is 5.39 Å². The molecule has 3 rings (SSSR count). The fraction of sp³-hybridized carbons (Fsp3) is 0.150. The van der Waals surface area contributed by atoms with Crippen LogP contribution in [0.15, 0.2) is 63.8 Å². The summed E-state index contributed by atoms with van der Waals surface area (Å²) in [7, 11) is 0. The van der Waals surface area contributed by atoms with Gasteiger partial charge >= 0.3 is 5.63 Å². The second-order valence-electron chi connectivity index (χ2n) is 5.84. The van der Waals surface area contributed by atoms with Crippen LogP contribution in [0.2, 0.25) is 0 Å². The Balaban J connectivity index is 1.68. The molecule has 6 heteroatoms. The first-order chi connectivity index (χ1) is 12.4. The standard InChI is InChI=1S/C20H17NO5/c1-12(22)14-3-7-16(8-4-14)21-20(24)13(2)25-17-9-5-15-6-10-19(23)26-18(15)11-17/h3-11,13H,1-2H3,(H,21,24)/t13-/m1/s1. The molecule has 0 unspecified atom stereocenters. The van der Waals surface area contributed by atoms with Gasteiger partial charge in [-0.1, -0.05) is 0 Å². The van der Waals surface area contributed by atoms with Crippen LogP contribution < -0.4 is 15.7 Å². The third-order valence-corrected chi connectivity index (χ3v) is 3.84. The van der Waals surface area contributed by atoms with Gasteiger partial charge in [0.1, 0.15) is 11.3 Å². The largest absolute Gasteiger partial charge is 0.481 e. The monoisotopic (exact) mass is 351 g/mol. The van der Waals surface area contributed by atoms with Crippen molar-refractivity contribution < 1.29 is 18.7 Å². The summed E-state index contributed by atoms with van der Waals surface area (Å²) in [6.45, 7) is 3.10. The Morgan fingerprint density at radius 1 is 1.04 bits per heavy atom. The fourth-order valence-corrected chi connectivity index (χ4v) is 2.40. The maximum absolute atomic E-state index is 12.3. The van der Waals surface area contributed by atoms with E-state index in [1.807, 2.05) is 0 Å². The number of rotatable bonds is 5. The third kappa shape index (κ3) is 3.97. The molecular weight excluding hydrogens is 334 g/mol. The fourth-order valence-electron chi connectivity index (χ4n) is 2.40. The van der Waals surface area contributed by atoms with Crippen LogP contribution in [0, 0.1) is 0 Å². The van der Waals surface area contributed by atoms with Gasteiger partial charge < -0.3 is 14.5 Å². The molecule has 0 radical (unpaired) electrons. The summed E-state index contributed by atoms with van der Waals surface area (Å²) in [5.74, 6) is 0.0409. The van der Waals surface area contributed by atoms with Gasteiger partial charge in [0.25, 0.3) is 5.91 Å². The van der Waals surface area contributed by atoms with Crippen molar-refractivity contribution in [3.05, 3.63) is 70.6 Å². The minimum atomic E-state index is -0.768. The van der Waals surface area contributed by atoms with E-state index in [4.69, 9.17) is 9.15 Å². The summed E-state index contributed by atoms with van der Waals surface area (Å²) in [5.41, 5.74) is 1.08. The molecule has 0 spiro atoms. The van der Waals surface area contributed by atoms with Crippen molar-refractivity contribution >= 4 is 28.3 Å². The van der Waals surface area contributed by atoms with E-state index in [-0.39, 0.29) is 11.7 Å². The normalized spacial score (nSPS) is 11.8. The first-order valence-corrected chi connectivity index (χ1v) is 8.05. The van der Waals surface area contributed by atoms with Crippen LogP contribution in [-0.4, -0.2) is 17.8 Å². The smallest absolute Gasteiger partial charge is 0.336 e. The van der Waals surface area contributed by atoms with E-state index in [9.17, 15) is 14.4 Å². The lowest BCUT2D eigenvalue weighted by Gasteiger charge is -2.15. The van der Waals surface area contributed by atoms with Gasteiger partial charge in [0.15, 0.2) is 11.9 Å². The molecule has 0 aliphatic carbocycles. The van der Waals surface area contributed by atoms with Crippen LogP contribution in [0.3, 0.4) is 0 Å². The Morgan fingerprint density at radius 2 is 1.73 bits per heavy atom. The maximum Gasteiger partial charge on any atom is 0.336 e. The second-order valence-corrected chi connectivity index (χ2v) is 5.84. The first kappa shape index (κ1) is 17.4. The zero-order valence-electron chi connectivity index (χ0n) is 14.3. The van der Waals surface area contributed by atoms with Crippen molar-refractivity contribution in [1.82, 2.24) is 0 Å². The highest BCUT2D eigenvalue weighted by atomic mass is 16.5. The van der Waals surface area contributed by atoms with E-state index in [2.05, 4.69) is 5.32 Å². The number of nitrogens with one attached hydrogen (secondary N) is 1. The molecule has 0 saturated carbocycles. The Bertz CT molecular complexity index is 1020. The minimum Gasteiger partial charge on any atom is -0.481 e. The lowest BCUT2D eigenvalue weighted by Crippen LogP contribution is -2.30. The zero-order valence-corrected chi connectivity index (χ0v) is 14.3. The summed E-state index contributed by atoms with van der Waals surface area (Å²) < 4.78 is 10.7. The molecular formula is C20H17NO5. The van der Waals surface area contributed by atoms with Gasteiger partial charge in [0, 0.05) is 28.8 Å². The van der Waals surface area contributed by atoms with Crippen molar-refractivity contribution in [2.24, 2.45) is 0 Å². The lowest BCUT2D eigenvalue weighted by molar-refractivity contribution is -0.122. The van der Waals surface area contributed by atoms with Crippen molar-refractivity contribution in [2.45, 2.75) is 20.0 Å². The summed E-state index contributed by atoms with van der Waals surface area (Å²) in [4.78, 5) is 34.8. The molecule has 2 aromatic carbocycles. The molecule has 3 aromatic rings. The number of ether oxygens (including phenoxy) is 1. The summed E-state index contributed by atoms with van der Waals surface area (Å²) >= 11 is 0. The predicted octanol–water partition coefficient (Wildman–Crippen LogP) is 3.40. The molecule has 0 aliphatic heterocycles. The average Bonchev–Trinajstić information content (AvgIpc) is 2.61. The van der Waals surface area contributed by atoms with Crippen LogP contribution in [0.1, 0.15) is 24.2 Å². The number of amides is 1. The van der Waals surface area contributed by atoms with Crippen LogP contribution in [0.25, 0.3) is 11.0 Å². The Labute approximate surface area is 149 Å². The van der Waals surface area contributed by atoms with E-state index < -0.39 is 11.7 Å². The van der Waals surface area contributed by atoms with Gasteiger partial charge in [0.05, 0.1) is 0 Å². The molecule has 26 heavy (non-hydrogen) atoms. The molecule has 0 fully saturated rings. The number of Topliss-reactive ketones (excluding diaryl/α,β-unsaturated/α-hetero) is 1. The van der Waals surface area contributed by atoms with Gasteiger partial charge in [-0.05, 0) is 56.3 Å². The highest BCUT2D eigenvalue weighted by Gasteiger charge is 2.15. The van der Waals surface area contributed by atoms with Gasteiger partial charge in [-0.2, -0.15) is 0 Å². The average molecular weight is 351 g/mol. The molecule has 1 heterocycles. The number of benzene rings is 2. The van der Waals surface area contributed by atoms with E-state index in [1.54, 1.807) is 55.5 Å². The third-order valence-electron chi connectivity index (χ3n) is 3.84. The molecule has 0 aliphatic rings. The minimum absolute atomic E-state index is 0.0393. The van der Waals surface area contributed by atoms with E-state index in [1.165, 1.54) is 13.0 Å². The van der Waals surface area contributed by atoms with Crippen LogP contribution in [0.5, 0.6) is 5.75 Å². The molecule has 6 nitrogen and oxygen atoms in total. The Morgan fingerprint density at radius 3 is 2.42 bits per heavy atom. The van der Waals surface area contributed by atoms with Crippen molar-refractivity contribution in [2.75, 3.05) is 5.32 Å². The molecule has 1 N–H and O–H groups in total. The van der Waals surface area contributed by atoms with Crippen molar-refractivity contribution in [1.29, 1.82) is 0 Å². The van der Waals surface area contributed by atoms with Crippen molar-refractivity contribution in [3.8, 4) is 5.75 Å². The molecule has 0 saturated heterocycles. The zero-order chi connectivity index (χ0) is 18.7. The van der Waals surface area contributed by atoms with Crippen LogP contribution in [-0.2, 0) is 4.79 Å². The maximum atomic E-state index is 12.3. The molecule has 1 atom stereocenters. The number of hydrogen-bond donors (Lipinski definition) is 1. The van der Waals surface area contributed by atoms with Crippen LogP contribution >= 0.6 is 0 Å². The van der Waals surface area contributed by atoms with Gasteiger partial charge in [0.2, 0.25) is 0 Å². The SMILES string of the molecule is CC(=O)c1ccc(NC(=O)[C@@H](C)Oc2ccc3ccc(=O)oc3c2)cc1. The molecule has 1 amide bonds. The molecule has 1 aromatic heterocycles. The number of anilines is 1. The molecule has 0 bridgehead atoms. The quantitative estimate of drug-likeness (QED) is 0.562. The first-order valence-electron chi connectivity index (χ1n) is 8.05. The number of carbonyl (C=O) groups is 2. The van der Waals surface area contributed by atoms with Gasteiger partial charge in [-0.15, -0.1) is 0 Å². The van der Waals surface area contributed by atoms with E-state index in [0.29, 0.717) is 22.6 Å². The highest BCUT2D eigenvalue weighted by Crippen LogP contribution is 2.21. The Hall–Kier alpha value is -3.41. The van der Waals surface area contributed by atoms with Crippen molar-refractivity contribution in [3.63, 3.8) is 0 Å². The number of carbonyl (C=O) groups excluding carboxylic acids is 2. The van der Waals surface area contributed by atoms with Gasteiger partial charge in [-0.3, -0.25) is 9.59 Å². The van der Waals surface area contributed by atoms with Gasteiger partial charge in [-0.25, -0.2) is 4.79 Å². The highest BCUT2D eigenvalue weighted by molar-refractivity contribution is 5.96. The predicted molar refractivity (Wildman–Crippen MR) is 97.7 cm³/mol. The molecule has 132 valence electrons. The summed E-state index contributed by atoms with van der Waals surface area (Å²) in [5, 5.41) is 3.49. The summed E-state index contributed by atoms with van der Waals surface area (Å²) in [6, 6.07) is 14.6. The number of fused-ring (bicyclic) bond motifs is 1. The lowest BCUT2D eigenvalue weighted by atomic mass is 10.1. The Kier molecular flexibility index (Phi) is 4.84. The van der Waals surface area contributed by atoms with E-state index >= 15 is 0 Å². The number of hydrogen-bond acceptors (Lipinski definition) is 5. The topological polar surface area (TPSA) is 85.6 Å².